The molecule has 0 spiro atoms. The average molecular weight is 480 g/mol. The molecule has 1 unspecified atom stereocenters. The van der Waals surface area contributed by atoms with Crippen molar-refractivity contribution in [2.45, 2.75) is 31.5 Å². The second-order valence-electron chi connectivity index (χ2n) is 7.28. The Morgan fingerprint density at radius 2 is 2.00 bits per heavy atom. The number of aliphatic imine (C=N–C) groups is 1. The summed E-state index contributed by atoms with van der Waals surface area (Å²) in [6.45, 7) is -1.25. The summed E-state index contributed by atoms with van der Waals surface area (Å²) < 4.78 is 59.9. The molecule has 3 N–H and O–H groups in total. The zero-order valence-electron chi connectivity index (χ0n) is 15.7. The molecule has 1 aliphatic carbocycles. The quantitative estimate of drug-likeness (QED) is 0.625. The maximum Gasteiger partial charge on any atom is 0.333 e. The number of halogens is 6. The number of amides is 1. The van der Waals surface area contributed by atoms with Crippen LogP contribution in [0.1, 0.15) is 29.5 Å². The minimum absolute atomic E-state index is 0.00499. The van der Waals surface area contributed by atoms with Gasteiger partial charge < -0.3 is 15.8 Å². The molecule has 1 fully saturated rings. The van der Waals surface area contributed by atoms with Gasteiger partial charge in [-0.3, -0.25) is 4.79 Å². The first kappa shape index (κ1) is 21.7. The smallest absolute Gasteiger partial charge is 0.333 e. The highest BCUT2D eigenvalue weighted by Gasteiger charge is 2.68. The van der Waals surface area contributed by atoms with E-state index in [9.17, 15) is 22.4 Å². The lowest BCUT2D eigenvalue weighted by Crippen LogP contribution is -2.43. The van der Waals surface area contributed by atoms with Gasteiger partial charge in [0.05, 0.1) is 11.2 Å². The third kappa shape index (κ3) is 3.49. The number of amidine groups is 1. The predicted molar refractivity (Wildman–Crippen MR) is 105 cm³/mol. The van der Waals surface area contributed by atoms with Crippen molar-refractivity contribution in [1.29, 1.82) is 0 Å². The maximum atomic E-state index is 14.4. The number of nitrogens with two attached hydrogens (primary N) is 1. The molecule has 0 saturated heterocycles. The number of alkyl halides is 4. The van der Waals surface area contributed by atoms with E-state index < -0.39 is 42.1 Å². The number of carbonyl (C=O) groups is 1. The van der Waals surface area contributed by atoms with Crippen LogP contribution < -0.4 is 11.1 Å². The van der Waals surface area contributed by atoms with Crippen LogP contribution in [0.15, 0.2) is 29.4 Å². The van der Waals surface area contributed by atoms with Gasteiger partial charge in [0.15, 0.2) is 11.2 Å². The maximum absolute atomic E-state index is 14.4. The molecule has 2 aromatic rings. The van der Waals surface area contributed by atoms with Crippen LogP contribution in [0.5, 0.6) is 0 Å². The minimum Gasteiger partial charge on any atom is -0.461 e. The summed E-state index contributed by atoms with van der Waals surface area (Å²) in [7, 11) is 0. The Bertz CT molecular complexity index is 1080. The summed E-state index contributed by atoms with van der Waals surface area (Å²) in [5, 5.41) is 5.54. The van der Waals surface area contributed by atoms with E-state index in [1.54, 1.807) is 6.92 Å². The molecule has 31 heavy (non-hydrogen) atoms. The zero-order chi connectivity index (χ0) is 22.7. The van der Waals surface area contributed by atoms with Crippen molar-refractivity contribution in [3.05, 3.63) is 45.7 Å². The number of ether oxygens (including phenoxy) is 1. The van der Waals surface area contributed by atoms with Gasteiger partial charge in [-0.05, 0) is 18.2 Å². The number of benzene rings is 1. The number of nitrogens with zero attached hydrogens (tertiary/aromatic N) is 3. The topological polar surface area (TPSA) is 94.5 Å². The lowest BCUT2D eigenvalue weighted by atomic mass is 9.84. The van der Waals surface area contributed by atoms with Gasteiger partial charge in [-0.1, -0.05) is 30.1 Å². The molecule has 4 atom stereocenters. The second kappa shape index (κ2) is 7.56. The fourth-order valence-electron chi connectivity index (χ4n) is 3.96. The van der Waals surface area contributed by atoms with Crippen molar-refractivity contribution in [1.82, 2.24) is 9.78 Å². The molecule has 13 heteroatoms. The van der Waals surface area contributed by atoms with Gasteiger partial charge in [-0.25, -0.2) is 18.5 Å². The van der Waals surface area contributed by atoms with E-state index >= 15 is 0 Å². The molecule has 2 aliphatic rings. The Morgan fingerprint density at radius 3 is 2.61 bits per heavy atom. The lowest BCUT2D eigenvalue weighted by Gasteiger charge is -2.33. The fraction of sp³-hybridized carbons (Fsp3) is 0.389. The number of aromatic nitrogens is 2. The first-order valence-corrected chi connectivity index (χ1v) is 9.76. The summed E-state index contributed by atoms with van der Waals surface area (Å²) in [6.07, 6.45) is -2.70. The summed E-state index contributed by atoms with van der Waals surface area (Å²) in [6, 6.07) is 3.55. The van der Waals surface area contributed by atoms with Crippen LogP contribution in [-0.2, 0) is 10.3 Å². The summed E-state index contributed by atoms with van der Waals surface area (Å²) in [5.41, 5.74) is 3.16. The molecular formula is C18H15Cl2F4N5O2. The summed E-state index contributed by atoms with van der Waals surface area (Å²) >= 11 is 12.0. The number of hydrogen-bond donors (Lipinski definition) is 2. The Labute approximate surface area is 183 Å². The Hall–Kier alpha value is -2.53. The standard InChI is InChI=1S/C18H15Cl2F4N5O2/c1-6-11-13(6)31-17(25)27-18(11,15(21)22)8-4-7(2-3-9(8)19)26-14(30)12-10(20)5-29(28-12)16(23)24/h2-6,11,13,15-16H,1H3,(H2,25,27)(H,26,30)/t6-,11?,13-,18-/m0/s1. The fourth-order valence-corrected chi connectivity index (χ4v) is 4.45. The van der Waals surface area contributed by atoms with Gasteiger partial charge in [-0.15, -0.1) is 0 Å². The van der Waals surface area contributed by atoms with Crippen molar-refractivity contribution < 1.29 is 27.1 Å². The average Bonchev–Trinajstić information content (AvgIpc) is 3.16. The van der Waals surface area contributed by atoms with Gasteiger partial charge in [-0.2, -0.15) is 13.9 Å². The third-order valence-corrected chi connectivity index (χ3v) is 6.05. The number of hydrogen-bond acceptors (Lipinski definition) is 5. The molecule has 2 heterocycles. The van der Waals surface area contributed by atoms with Gasteiger partial charge in [0.1, 0.15) is 6.10 Å². The molecule has 1 aromatic heterocycles. The van der Waals surface area contributed by atoms with Crippen molar-refractivity contribution in [3.63, 3.8) is 0 Å². The van der Waals surface area contributed by atoms with Crippen molar-refractivity contribution >= 4 is 40.8 Å². The first-order chi connectivity index (χ1) is 14.6. The van der Waals surface area contributed by atoms with Crippen LogP contribution in [0.3, 0.4) is 0 Å². The molecule has 1 saturated carbocycles. The molecule has 166 valence electrons. The molecule has 4 rings (SSSR count). The zero-order valence-corrected chi connectivity index (χ0v) is 17.2. The van der Waals surface area contributed by atoms with Crippen molar-refractivity contribution in [2.24, 2.45) is 22.6 Å². The molecule has 0 radical (unpaired) electrons. The van der Waals surface area contributed by atoms with Crippen LogP contribution in [-0.4, -0.2) is 34.2 Å². The SMILES string of the molecule is C[C@H]1C2[C@H]1OC(N)=N[C@]2(c1cc(NC(=O)c2nn(C(F)F)cc2Cl)ccc1Cl)C(F)F. The van der Waals surface area contributed by atoms with Crippen LogP contribution in [0.2, 0.25) is 10.0 Å². The summed E-state index contributed by atoms with van der Waals surface area (Å²) in [4.78, 5) is 16.4. The molecule has 1 aromatic carbocycles. The van der Waals surface area contributed by atoms with E-state index in [4.69, 9.17) is 33.7 Å². The highest BCUT2D eigenvalue weighted by Crippen LogP contribution is 2.60. The molecule has 7 nitrogen and oxygen atoms in total. The number of nitrogens with one attached hydrogen (secondary N) is 1. The highest BCUT2D eigenvalue weighted by molar-refractivity contribution is 6.34. The van der Waals surface area contributed by atoms with Crippen LogP contribution in [0.25, 0.3) is 0 Å². The van der Waals surface area contributed by atoms with E-state index in [2.05, 4.69) is 15.4 Å². The van der Waals surface area contributed by atoms with Crippen LogP contribution in [0.4, 0.5) is 23.2 Å². The van der Waals surface area contributed by atoms with Gasteiger partial charge >= 0.3 is 6.55 Å². The van der Waals surface area contributed by atoms with Crippen molar-refractivity contribution in [3.8, 4) is 0 Å². The molecule has 1 aliphatic heterocycles. The van der Waals surface area contributed by atoms with Crippen LogP contribution in [0, 0.1) is 11.8 Å². The molecular weight excluding hydrogens is 465 g/mol. The van der Waals surface area contributed by atoms with E-state index in [0.717, 1.165) is 6.20 Å². The number of carbonyl (C=O) groups excluding carboxylic acids is 1. The van der Waals surface area contributed by atoms with E-state index in [-0.39, 0.29) is 37.9 Å². The normalized spacial score (nSPS) is 27.0. The number of anilines is 1. The van der Waals surface area contributed by atoms with Gasteiger partial charge in [0.2, 0.25) is 0 Å². The van der Waals surface area contributed by atoms with Crippen LogP contribution >= 0.6 is 23.2 Å². The number of fused-ring (bicyclic) bond motifs is 1. The Morgan fingerprint density at radius 1 is 1.29 bits per heavy atom. The Kier molecular flexibility index (Phi) is 5.29. The largest absolute Gasteiger partial charge is 0.461 e. The predicted octanol–water partition coefficient (Wildman–Crippen LogP) is 4.28. The lowest BCUT2D eigenvalue weighted by molar-refractivity contribution is 0.0189. The van der Waals surface area contributed by atoms with E-state index in [1.165, 1.54) is 18.2 Å². The van der Waals surface area contributed by atoms with Crippen molar-refractivity contribution in [2.75, 3.05) is 5.32 Å². The minimum atomic E-state index is -2.99. The van der Waals surface area contributed by atoms with Gasteiger partial charge in [0.25, 0.3) is 18.4 Å². The first-order valence-electron chi connectivity index (χ1n) is 9.00. The second-order valence-corrected chi connectivity index (χ2v) is 8.09. The highest BCUT2D eigenvalue weighted by atomic mass is 35.5. The summed E-state index contributed by atoms with van der Waals surface area (Å²) in [5.74, 6) is -1.82. The van der Waals surface area contributed by atoms with E-state index in [1.807, 2.05) is 0 Å². The molecule has 1 amide bonds. The Balaban J connectivity index is 1.71. The third-order valence-electron chi connectivity index (χ3n) is 5.45. The molecule has 0 bridgehead atoms. The van der Waals surface area contributed by atoms with E-state index in [0.29, 0.717) is 0 Å². The van der Waals surface area contributed by atoms with Gasteiger partial charge in [0, 0.05) is 28.1 Å². The number of rotatable bonds is 5. The monoisotopic (exact) mass is 479 g/mol.